The van der Waals surface area contributed by atoms with Gasteiger partial charge in [-0.25, -0.2) is 0 Å². The highest BCUT2D eigenvalue weighted by molar-refractivity contribution is 5.73. The molecule has 0 bridgehead atoms. The molecule has 34 heavy (non-hydrogen) atoms. The molecule has 188 valence electrons. The van der Waals surface area contributed by atoms with Crippen molar-refractivity contribution in [3.05, 3.63) is 77.9 Å². The Morgan fingerprint density at radius 2 is 1.32 bits per heavy atom. The van der Waals surface area contributed by atoms with Crippen molar-refractivity contribution in [3.63, 3.8) is 0 Å². The van der Waals surface area contributed by atoms with Gasteiger partial charge in [-0.05, 0) is 74.0 Å². The Morgan fingerprint density at radius 3 is 1.85 bits per heavy atom. The van der Waals surface area contributed by atoms with Crippen LogP contribution in [0.25, 0.3) is 0 Å². The van der Waals surface area contributed by atoms with Crippen LogP contribution < -0.4 is 4.74 Å². The Bertz CT molecular complexity index is 793. The molecule has 2 heteroatoms. The zero-order chi connectivity index (χ0) is 25.0. The number of rotatable bonds is 17. The third kappa shape index (κ3) is 14.0. The molecule has 0 saturated heterocycles. The summed E-state index contributed by atoms with van der Waals surface area (Å²) in [7, 11) is 0. The summed E-state index contributed by atoms with van der Waals surface area (Å²) < 4.78 is 5.69. The molecule has 0 heterocycles. The minimum Gasteiger partial charge on any atom is -0.426 e. The van der Waals surface area contributed by atoms with Gasteiger partial charge in [-0.2, -0.15) is 0 Å². The molecule has 1 aromatic rings. The molecule has 0 aromatic heterocycles. The van der Waals surface area contributed by atoms with Crippen molar-refractivity contribution in [2.24, 2.45) is 0 Å². The third-order valence-corrected chi connectivity index (χ3v) is 5.76. The average Bonchev–Trinajstić information content (AvgIpc) is 2.81. The molecule has 0 unspecified atom stereocenters. The summed E-state index contributed by atoms with van der Waals surface area (Å²) in [5, 5.41) is 0. The standard InChI is InChI=1S/C32H48O2/c1-6-7-8-9-10-11-12-13-14-15-16-17-18-19-20-21-22-23-32(33)34-31-25-24-29(27(2)3)26-30(31)28(4)5/h10-11,13-14,16-17,19-20,24-28H,6-9,12,15,18,21-23H2,1-5H3/b11-10-,14-13-,17-16-,20-19-. The van der Waals surface area contributed by atoms with Gasteiger partial charge < -0.3 is 4.74 Å². The lowest BCUT2D eigenvalue weighted by Crippen LogP contribution is -2.10. The van der Waals surface area contributed by atoms with Crippen LogP contribution in [0.3, 0.4) is 0 Å². The Kier molecular flexibility index (Phi) is 16.6. The maximum Gasteiger partial charge on any atom is 0.311 e. The van der Waals surface area contributed by atoms with Gasteiger partial charge in [0.1, 0.15) is 5.75 Å². The number of unbranched alkanes of at least 4 members (excludes halogenated alkanes) is 4. The Morgan fingerprint density at radius 1 is 0.765 bits per heavy atom. The van der Waals surface area contributed by atoms with Crippen LogP contribution in [-0.4, -0.2) is 5.97 Å². The Hall–Kier alpha value is -2.35. The summed E-state index contributed by atoms with van der Waals surface area (Å²) in [5.41, 5.74) is 2.39. The quantitative estimate of drug-likeness (QED) is 0.0992. The zero-order valence-electron chi connectivity index (χ0n) is 22.4. The first-order valence-electron chi connectivity index (χ1n) is 13.4. The van der Waals surface area contributed by atoms with E-state index in [0.717, 1.165) is 37.7 Å². The number of hydrogen-bond acceptors (Lipinski definition) is 2. The highest BCUT2D eigenvalue weighted by atomic mass is 16.5. The molecular weight excluding hydrogens is 416 g/mol. The summed E-state index contributed by atoms with van der Waals surface area (Å²) >= 11 is 0. The van der Waals surface area contributed by atoms with E-state index in [-0.39, 0.29) is 5.97 Å². The molecule has 0 aliphatic rings. The fourth-order valence-corrected chi connectivity index (χ4v) is 3.57. The number of carbonyl (C=O) groups excluding carboxylic acids is 1. The highest BCUT2D eigenvalue weighted by Crippen LogP contribution is 2.30. The van der Waals surface area contributed by atoms with Crippen molar-refractivity contribution >= 4 is 5.97 Å². The smallest absolute Gasteiger partial charge is 0.311 e. The second kappa shape index (κ2) is 19.0. The maximum atomic E-state index is 12.3. The molecule has 0 fully saturated rings. The van der Waals surface area contributed by atoms with Gasteiger partial charge >= 0.3 is 5.97 Å². The largest absolute Gasteiger partial charge is 0.426 e. The van der Waals surface area contributed by atoms with E-state index in [0.29, 0.717) is 24.0 Å². The van der Waals surface area contributed by atoms with E-state index in [1.54, 1.807) is 0 Å². The lowest BCUT2D eigenvalue weighted by Gasteiger charge is -2.16. The van der Waals surface area contributed by atoms with Crippen molar-refractivity contribution in [2.75, 3.05) is 0 Å². The summed E-state index contributed by atoms with van der Waals surface area (Å²) in [5.74, 6) is 1.36. The molecule has 1 aromatic carbocycles. The number of ether oxygens (including phenoxy) is 1. The third-order valence-electron chi connectivity index (χ3n) is 5.76. The second-order valence-electron chi connectivity index (χ2n) is 9.56. The second-order valence-corrected chi connectivity index (χ2v) is 9.56. The first-order valence-corrected chi connectivity index (χ1v) is 13.4. The predicted octanol–water partition coefficient (Wildman–Crippen LogP) is 9.98. The monoisotopic (exact) mass is 464 g/mol. The van der Waals surface area contributed by atoms with Crippen LogP contribution in [0.2, 0.25) is 0 Å². The van der Waals surface area contributed by atoms with Crippen molar-refractivity contribution in [3.8, 4) is 5.75 Å². The van der Waals surface area contributed by atoms with Gasteiger partial charge in [0.25, 0.3) is 0 Å². The predicted molar refractivity (Wildman–Crippen MR) is 149 cm³/mol. The zero-order valence-corrected chi connectivity index (χ0v) is 22.4. The van der Waals surface area contributed by atoms with Crippen LogP contribution in [0.4, 0.5) is 0 Å². The van der Waals surface area contributed by atoms with Crippen LogP contribution in [0.1, 0.15) is 122 Å². The molecule has 0 radical (unpaired) electrons. The van der Waals surface area contributed by atoms with E-state index in [1.165, 1.54) is 31.2 Å². The van der Waals surface area contributed by atoms with Crippen LogP contribution in [0.15, 0.2) is 66.8 Å². The fourth-order valence-electron chi connectivity index (χ4n) is 3.57. The molecule has 1 rings (SSSR count). The maximum absolute atomic E-state index is 12.3. The van der Waals surface area contributed by atoms with Crippen molar-refractivity contribution in [1.29, 1.82) is 0 Å². The van der Waals surface area contributed by atoms with Crippen LogP contribution >= 0.6 is 0 Å². The number of benzene rings is 1. The first-order chi connectivity index (χ1) is 16.5. The average molecular weight is 465 g/mol. The van der Waals surface area contributed by atoms with Crippen LogP contribution in [0.5, 0.6) is 5.75 Å². The van der Waals surface area contributed by atoms with E-state index in [2.05, 4.69) is 95.4 Å². The summed E-state index contributed by atoms with van der Waals surface area (Å²) in [6.07, 6.45) is 28.0. The molecule has 0 atom stereocenters. The molecule has 0 aliphatic heterocycles. The van der Waals surface area contributed by atoms with Gasteiger partial charge in [0.15, 0.2) is 0 Å². The van der Waals surface area contributed by atoms with E-state index in [9.17, 15) is 4.79 Å². The van der Waals surface area contributed by atoms with Gasteiger partial charge in [-0.3, -0.25) is 4.79 Å². The van der Waals surface area contributed by atoms with E-state index in [1.807, 2.05) is 6.07 Å². The first kappa shape index (κ1) is 29.7. The molecule has 2 nitrogen and oxygen atoms in total. The van der Waals surface area contributed by atoms with E-state index < -0.39 is 0 Å². The summed E-state index contributed by atoms with van der Waals surface area (Å²) in [6.45, 7) is 10.9. The molecule has 0 saturated carbocycles. The van der Waals surface area contributed by atoms with E-state index >= 15 is 0 Å². The van der Waals surface area contributed by atoms with Crippen LogP contribution in [-0.2, 0) is 4.79 Å². The number of hydrogen-bond donors (Lipinski definition) is 0. The van der Waals surface area contributed by atoms with Gasteiger partial charge in [-0.15, -0.1) is 0 Å². The molecule has 0 amide bonds. The van der Waals surface area contributed by atoms with Crippen molar-refractivity contribution in [1.82, 2.24) is 0 Å². The number of carbonyl (C=O) groups is 1. The van der Waals surface area contributed by atoms with Gasteiger partial charge in [0.2, 0.25) is 0 Å². The Labute approximate surface area is 209 Å². The molecular formula is C32H48O2. The minimum absolute atomic E-state index is 0.143. The highest BCUT2D eigenvalue weighted by Gasteiger charge is 2.13. The summed E-state index contributed by atoms with van der Waals surface area (Å²) in [6, 6.07) is 6.20. The van der Waals surface area contributed by atoms with Crippen molar-refractivity contribution < 1.29 is 9.53 Å². The minimum atomic E-state index is -0.143. The Balaban J connectivity index is 2.19. The van der Waals surface area contributed by atoms with Crippen LogP contribution in [0, 0.1) is 0 Å². The molecule has 0 spiro atoms. The number of allylic oxidation sites excluding steroid dienone is 8. The fraction of sp³-hybridized carbons (Fsp3) is 0.531. The topological polar surface area (TPSA) is 26.3 Å². The number of esters is 1. The van der Waals surface area contributed by atoms with Gasteiger partial charge in [-0.1, -0.05) is 108 Å². The van der Waals surface area contributed by atoms with Crippen molar-refractivity contribution in [2.45, 2.75) is 111 Å². The lowest BCUT2D eigenvalue weighted by molar-refractivity contribution is -0.134. The molecule has 0 N–H and O–H groups in total. The van der Waals surface area contributed by atoms with Gasteiger partial charge in [0.05, 0.1) is 0 Å². The van der Waals surface area contributed by atoms with E-state index in [4.69, 9.17) is 4.74 Å². The normalized spacial score (nSPS) is 12.4. The lowest BCUT2D eigenvalue weighted by atomic mass is 9.95. The SMILES string of the molecule is CCCCC/C=C\C/C=C\C/C=C\C/C=C\CCCC(=O)Oc1ccc(C(C)C)cc1C(C)C. The van der Waals surface area contributed by atoms with Gasteiger partial charge in [0, 0.05) is 6.42 Å². The molecule has 0 aliphatic carbocycles. The summed E-state index contributed by atoms with van der Waals surface area (Å²) in [4.78, 5) is 12.3.